The maximum atomic E-state index is 8.67. The molecule has 0 spiro atoms. The molecule has 0 heterocycles. The first-order chi connectivity index (χ1) is 6.76. The third-order valence-electron chi connectivity index (χ3n) is 1.85. The van der Waals surface area contributed by atoms with Crippen LogP contribution in [0.3, 0.4) is 0 Å². The van der Waals surface area contributed by atoms with E-state index in [1.54, 1.807) is 0 Å². The molecule has 0 saturated heterocycles. The van der Waals surface area contributed by atoms with E-state index in [2.05, 4.69) is 22.0 Å². The average Bonchev–Trinajstić information content (AvgIpc) is 2.19. The summed E-state index contributed by atoms with van der Waals surface area (Å²) in [6.07, 6.45) is 0.429. The summed E-state index contributed by atoms with van der Waals surface area (Å²) >= 11 is 3.38. The Morgan fingerprint density at radius 2 is 2.36 bits per heavy atom. The number of hydrogen-bond acceptors (Lipinski definition) is 2. The fourth-order valence-electron chi connectivity index (χ4n) is 1.07. The minimum absolute atomic E-state index is 0.297. The lowest BCUT2D eigenvalue weighted by Crippen LogP contribution is -2.08. The van der Waals surface area contributed by atoms with Gasteiger partial charge in [0.2, 0.25) is 0 Å². The van der Waals surface area contributed by atoms with E-state index in [1.807, 2.05) is 31.2 Å². The van der Waals surface area contributed by atoms with Gasteiger partial charge in [0, 0.05) is 4.47 Å². The van der Waals surface area contributed by atoms with Crippen molar-refractivity contribution in [1.29, 1.82) is 5.26 Å². The number of hydrogen-bond donors (Lipinski definition) is 0. The van der Waals surface area contributed by atoms with Crippen LogP contribution in [0, 0.1) is 11.3 Å². The molecule has 0 aromatic heterocycles. The molecule has 0 amide bonds. The summed E-state index contributed by atoms with van der Waals surface area (Å²) in [5, 5.41) is 8.67. The molecule has 74 valence electrons. The van der Waals surface area contributed by atoms with Gasteiger partial charge in [0.15, 0.2) is 0 Å². The predicted molar refractivity (Wildman–Crippen MR) is 58.6 cm³/mol. The van der Waals surface area contributed by atoms with Gasteiger partial charge in [0.05, 0.1) is 12.7 Å². The summed E-state index contributed by atoms with van der Waals surface area (Å²) in [4.78, 5) is 0. The van der Waals surface area contributed by atoms with Crippen LogP contribution in [0.5, 0.6) is 0 Å². The molecule has 0 fully saturated rings. The molecular weight excluding hydrogens is 242 g/mol. The Kier molecular flexibility index (Phi) is 4.64. The van der Waals surface area contributed by atoms with Gasteiger partial charge in [-0.3, -0.25) is 0 Å². The second kappa shape index (κ2) is 5.79. The number of nitriles is 1. The van der Waals surface area contributed by atoms with Crippen LogP contribution in [0.4, 0.5) is 0 Å². The molecule has 1 unspecified atom stereocenters. The lowest BCUT2D eigenvalue weighted by atomic mass is 10.2. The molecule has 1 rings (SSSR count). The molecule has 0 N–H and O–H groups in total. The molecule has 14 heavy (non-hydrogen) atoms. The van der Waals surface area contributed by atoms with Gasteiger partial charge in [-0.15, -0.1) is 0 Å². The van der Waals surface area contributed by atoms with Crippen molar-refractivity contribution in [3.63, 3.8) is 0 Å². The van der Waals surface area contributed by atoms with Gasteiger partial charge in [-0.05, 0) is 24.1 Å². The first kappa shape index (κ1) is 11.2. The van der Waals surface area contributed by atoms with Gasteiger partial charge in [-0.2, -0.15) is 5.26 Å². The van der Waals surface area contributed by atoms with Crippen molar-refractivity contribution in [1.82, 2.24) is 0 Å². The van der Waals surface area contributed by atoms with Crippen molar-refractivity contribution >= 4 is 15.9 Å². The summed E-state index contributed by atoms with van der Waals surface area (Å²) in [5.74, 6) is 0. The molecule has 1 aromatic rings. The van der Waals surface area contributed by atoms with Crippen LogP contribution in [0.15, 0.2) is 28.7 Å². The van der Waals surface area contributed by atoms with E-state index in [-0.39, 0.29) is 6.10 Å². The van der Waals surface area contributed by atoms with E-state index in [0.717, 1.165) is 16.5 Å². The Bertz CT molecular complexity index is 332. The summed E-state index contributed by atoms with van der Waals surface area (Å²) in [6, 6.07) is 9.99. The van der Waals surface area contributed by atoms with E-state index in [0.29, 0.717) is 6.61 Å². The topological polar surface area (TPSA) is 33.0 Å². The van der Waals surface area contributed by atoms with E-state index >= 15 is 0 Å². The summed E-state index contributed by atoms with van der Waals surface area (Å²) in [7, 11) is 0. The number of benzene rings is 1. The molecule has 0 bridgehead atoms. The average molecular weight is 254 g/mol. The number of halogens is 1. The lowest BCUT2D eigenvalue weighted by molar-refractivity contribution is 0.0745. The molecule has 3 heteroatoms. The zero-order chi connectivity index (χ0) is 10.4. The summed E-state index contributed by atoms with van der Waals surface area (Å²) in [5.41, 5.74) is 1.08. The smallest absolute Gasteiger partial charge is 0.144 e. The van der Waals surface area contributed by atoms with Crippen LogP contribution in [0.2, 0.25) is 0 Å². The van der Waals surface area contributed by atoms with Gasteiger partial charge in [0.1, 0.15) is 6.10 Å². The van der Waals surface area contributed by atoms with E-state index in [4.69, 9.17) is 10.00 Å². The fraction of sp³-hybridized carbons (Fsp3) is 0.364. The van der Waals surface area contributed by atoms with E-state index in [1.165, 1.54) is 0 Å². The van der Waals surface area contributed by atoms with Gasteiger partial charge < -0.3 is 4.74 Å². The Balaban J connectivity index is 2.50. The maximum absolute atomic E-state index is 8.67. The first-order valence-electron chi connectivity index (χ1n) is 4.52. The van der Waals surface area contributed by atoms with Gasteiger partial charge >= 0.3 is 0 Å². The zero-order valence-electron chi connectivity index (χ0n) is 8.03. The second-order valence-corrected chi connectivity index (χ2v) is 3.88. The molecule has 1 aromatic carbocycles. The van der Waals surface area contributed by atoms with Gasteiger partial charge in [-0.25, -0.2) is 0 Å². The maximum Gasteiger partial charge on any atom is 0.144 e. The summed E-state index contributed by atoms with van der Waals surface area (Å²) in [6.45, 7) is 2.43. The van der Waals surface area contributed by atoms with Crippen LogP contribution in [-0.2, 0) is 11.3 Å². The molecule has 2 nitrogen and oxygen atoms in total. The van der Waals surface area contributed by atoms with Crippen LogP contribution in [0.1, 0.15) is 18.9 Å². The molecule has 0 radical (unpaired) electrons. The zero-order valence-corrected chi connectivity index (χ0v) is 9.62. The van der Waals surface area contributed by atoms with Gasteiger partial charge in [0.25, 0.3) is 0 Å². The third-order valence-corrected chi connectivity index (χ3v) is 2.35. The predicted octanol–water partition coefficient (Wildman–Crippen LogP) is 3.27. The highest BCUT2D eigenvalue weighted by Crippen LogP contribution is 2.13. The largest absolute Gasteiger partial charge is 0.359 e. The Morgan fingerprint density at radius 3 is 2.93 bits per heavy atom. The minimum atomic E-state index is -0.297. The highest BCUT2D eigenvalue weighted by molar-refractivity contribution is 9.10. The SMILES string of the molecule is CCC(C#N)OCc1cccc(Br)c1. The Hall–Kier alpha value is -0.850. The second-order valence-electron chi connectivity index (χ2n) is 2.97. The van der Waals surface area contributed by atoms with E-state index < -0.39 is 0 Å². The van der Waals surface area contributed by atoms with Crippen LogP contribution in [0.25, 0.3) is 0 Å². The normalized spacial score (nSPS) is 12.1. The number of nitrogens with zero attached hydrogens (tertiary/aromatic N) is 1. The standard InChI is InChI=1S/C11H12BrNO/c1-2-11(7-13)14-8-9-4-3-5-10(12)6-9/h3-6,11H,2,8H2,1H3. The van der Waals surface area contributed by atoms with Crippen molar-refractivity contribution in [2.45, 2.75) is 26.1 Å². The van der Waals surface area contributed by atoms with Crippen molar-refractivity contribution in [2.75, 3.05) is 0 Å². The molecule has 0 aliphatic heterocycles. The van der Waals surface area contributed by atoms with Crippen molar-refractivity contribution in [3.8, 4) is 6.07 Å². The first-order valence-corrected chi connectivity index (χ1v) is 5.31. The number of ether oxygens (including phenoxy) is 1. The highest BCUT2D eigenvalue weighted by Gasteiger charge is 2.03. The van der Waals surface area contributed by atoms with Crippen molar-refractivity contribution in [3.05, 3.63) is 34.3 Å². The van der Waals surface area contributed by atoms with Crippen LogP contribution in [-0.4, -0.2) is 6.10 Å². The third kappa shape index (κ3) is 3.49. The Morgan fingerprint density at radius 1 is 1.57 bits per heavy atom. The fourth-order valence-corrected chi connectivity index (χ4v) is 1.52. The van der Waals surface area contributed by atoms with Crippen LogP contribution < -0.4 is 0 Å². The highest BCUT2D eigenvalue weighted by atomic mass is 79.9. The molecular formula is C11H12BrNO. The molecule has 0 saturated carbocycles. The quantitative estimate of drug-likeness (QED) is 0.826. The molecule has 1 atom stereocenters. The minimum Gasteiger partial charge on any atom is -0.359 e. The summed E-state index contributed by atoms with van der Waals surface area (Å²) < 4.78 is 6.43. The van der Waals surface area contributed by atoms with Crippen molar-refractivity contribution < 1.29 is 4.74 Å². The number of rotatable bonds is 4. The lowest BCUT2D eigenvalue weighted by Gasteiger charge is -2.08. The molecule has 0 aliphatic rings. The Labute approximate surface area is 92.6 Å². The van der Waals surface area contributed by atoms with E-state index in [9.17, 15) is 0 Å². The molecule has 0 aliphatic carbocycles. The monoisotopic (exact) mass is 253 g/mol. The van der Waals surface area contributed by atoms with Gasteiger partial charge in [-0.1, -0.05) is 35.0 Å². The van der Waals surface area contributed by atoms with Crippen molar-refractivity contribution in [2.24, 2.45) is 0 Å². The van der Waals surface area contributed by atoms with Crippen LogP contribution >= 0.6 is 15.9 Å².